The predicted molar refractivity (Wildman–Crippen MR) is 77.4 cm³/mol. The van der Waals surface area contributed by atoms with E-state index in [1.807, 2.05) is 6.92 Å². The van der Waals surface area contributed by atoms with Gasteiger partial charge in [-0.05, 0) is 12.8 Å². The quantitative estimate of drug-likeness (QED) is 0.273. The summed E-state index contributed by atoms with van der Waals surface area (Å²) in [6.07, 6.45) is -7.42. The fourth-order valence-electron chi connectivity index (χ4n) is 3.00. The average molecular weight is 337 g/mol. The third-order valence-electron chi connectivity index (χ3n) is 4.56. The van der Waals surface area contributed by atoms with Crippen LogP contribution in [0.2, 0.25) is 0 Å². The zero-order valence-corrected chi connectivity index (χ0v) is 13.0. The molecule has 0 aromatic carbocycles. The molecule has 2 aliphatic heterocycles. The molecule has 0 aromatic heterocycles. The maximum atomic E-state index is 10.0. The minimum Gasteiger partial charge on any atom is -0.394 e. The van der Waals surface area contributed by atoms with Crippen LogP contribution >= 0.6 is 0 Å². The van der Waals surface area contributed by atoms with Crippen molar-refractivity contribution in [3.63, 3.8) is 0 Å². The summed E-state index contributed by atoms with van der Waals surface area (Å²) in [5, 5.41) is 61.4. The second kappa shape index (κ2) is 8.15. The van der Waals surface area contributed by atoms with Crippen LogP contribution in [0.1, 0.15) is 19.8 Å². The number of nitrogens with one attached hydrogen (secondary N) is 1. The van der Waals surface area contributed by atoms with Crippen LogP contribution in [0.3, 0.4) is 0 Å². The van der Waals surface area contributed by atoms with Gasteiger partial charge in [-0.3, -0.25) is 0 Å². The molecule has 0 amide bonds. The molecule has 0 aromatic rings. The van der Waals surface area contributed by atoms with E-state index in [0.29, 0.717) is 6.42 Å². The Hall–Kier alpha value is -0.360. The fraction of sp³-hybridized carbons (Fsp3) is 1.00. The number of hydrogen-bond acceptors (Lipinski definition) is 9. The van der Waals surface area contributed by atoms with Crippen LogP contribution in [0.5, 0.6) is 0 Å². The first kappa shape index (κ1) is 19.0. The van der Waals surface area contributed by atoms with Gasteiger partial charge >= 0.3 is 0 Å². The molecule has 23 heavy (non-hydrogen) atoms. The molecule has 2 aliphatic rings. The maximum Gasteiger partial charge on any atom is 0.186 e. The lowest BCUT2D eigenvalue weighted by Gasteiger charge is -2.42. The standard InChI is InChI=1S/C14H27NO8/c1-2-6-3-8(17)10(18)7(15-6)5-22-14-13(21)12(20)11(19)9(4-16)23-14/h6-21H,2-5H2,1H3. The molecule has 0 aliphatic carbocycles. The molecule has 2 fully saturated rings. The monoisotopic (exact) mass is 337 g/mol. The summed E-state index contributed by atoms with van der Waals surface area (Å²) in [7, 11) is 0. The molecular weight excluding hydrogens is 310 g/mol. The van der Waals surface area contributed by atoms with Gasteiger partial charge in [-0.15, -0.1) is 0 Å². The van der Waals surface area contributed by atoms with E-state index >= 15 is 0 Å². The molecule has 9 unspecified atom stereocenters. The molecule has 7 N–H and O–H groups in total. The van der Waals surface area contributed by atoms with Crippen LogP contribution in [0.15, 0.2) is 0 Å². The third kappa shape index (κ3) is 4.19. The van der Waals surface area contributed by atoms with Gasteiger partial charge in [0.1, 0.15) is 24.4 Å². The van der Waals surface area contributed by atoms with E-state index in [2.05, 4.69) is 5.32 Å². The van der Waals surface area contributed by atoms with Crippen molar-refractivity contribution in [2.24, 2.45) is 0 Å². The zero-order valence-electron chi connectivity index (χ0n) is 13.0. The van der Waals surface area contributed by atoms with E-state index in [4.69, 9.17) is 14.6 Å². The van der Waals surface area contributed by atoms with Crippen molar-refractivity contribution in [2.45, 2.75) is 74.8 Å². The van der Waals surface area contributed by atoms with E-state index in [1.165, 1.54) is 0 Å². The van der Waals surface area contributed by atoms with Crippen molar-refractivity contribution in [1.82, 2.24) is 5.32 Å². The highest BCUT2D eigenvalue weighted by atomic mass is 16.7. The van der Waals surface area contributed by atoms with Gasteiger partial charge in [-0.2, -0.15) is 0 Å². The Morgan fingerprint density at radius 1 is 1.04 bits per heavy atom. The first-order chi connectivity index (χ1) is 10.9. The summed E-state index contributed by atoms with van der Waals surface area (Å²) in [5.74, 6) is 0. The van der Waals surface area contributed by atoms with Crippen molar-refractivity contribution >= 4 is 0 Å². The third-order valence-corrected chi connectivity index (χ3v) is 4.56. The lowest BCUT2D eigenvalue weighted by atomic mass is 9.92. The Balaban J connectivity index is 1.93. The molecular formula is C14H27NO8. The first-order valence-corrected chi connectivity index (χ1v) is 7.93. The van der Waals surface area contributed by atoms with Crippen LogP contribution < -0.4 is 5.32 Å². The lowest BCUT2D eigenvalue weighted by Crippen LogP contribution is -2.61. The van der Waals surface area contributed by atoms with Crippen LogP contribution in [0.4, 0.5) is 0 Å². The highest BCUT2D eigenvalue weighted by Crippen LogP contribution is 2.23. The Morgan fingerprint density at radius 2 is 1.74 bits per heavy atom. The largest absolute Gasteiger partial charge is 0.394 e. The molecule has 9 nitrogen and oxygen atoms in total. The second-order valence-corrected chi connectivity index (χ2v) is 6.20. The van der Waals surface area contributed by atoms with Gasteiger partial charge in [-0.1, -0.05) is 6.92 Å². The SMILES string of the molecule is CCC1CC(O)C(O)C(COC2OC(CO)C(O)C(O)C2O)N1. The number of hydrogen-bond donors (Lipinski definition) is 7. The summed E-state index contributed by atoms with van der Waals surface area (Å²) in [6, 6.07) is -0.520. The van der Waals surface area contributed by atoms with Gasteiger partial charge in [-0.25, -0.2) is 0 Å². The zero-order chi connectivity index (χ0) is 17.1. The molecule has 9 atom stereocenters. The van der Waals surface area contributed by atoms with E-state index < -0.39 is 55.6 Å². The Kier molecular flexibility index (Phi) is 6.72. The minimum absolute atomic E-state index is 0.0387. The summed E-state index contributed by atoms with van der Waals surface area (Å²) in [5.41, 5.74) is 0. The van der Waals surface area contributed by atoms with E-state index in [1.54, 1.807) is 0 Å². The number of piperidine rings is 1. The van der Waals surface area contributed by atoms with E-state index in [-0.39, 0.29) is 12.6 Å². The summed E-state index contributed by atoms with van der Waals surface area (Å²) in [6.45, 7) is 1.35. The fourth-order valence-corrected chi connectivity index (χ4v) is 3.00. The molecule has 0 bridgehead atoms. The van der Waals surface area contributed by atoms with Gasteiger partial charge in [0.15, 0.2) is 6.29 Å². The highest BCUT2D eigenvalue weighted by Gasteiger charge is 2.45. The smallest absolute Gasteiger partial charge is 0.186 e. The van der Waals surface area contributed by atoms with Crippen molar-refractivity contribution in [3.8, 4) is 0 Å². The molecule has 2 saturated heterocycles. The van der Waals surface area contributed by atoms with Crippen LogP contribution in [0.25, 0.3) is 0 Å². The highest BCUT2D eigenvalue weighted by molar-refractivity contribution is 4.93. The Bertz CT molecular complexity index is 371. The van der Waals surface area contributed by atoms with Crippen LogP contribution in [0, 0.1) is 0 Å². The van der Waals surface area contributed by atoms with Crippen molar-refractivity contribution in [2.75, 3.05) is 13.2 Å². The van der Waals surface area contributed by atoms with Crippen LogP contribution in [-0.4, -0.2) is 98.9 Å². The number of rotatable bonds is 5. The summed E-state index contributed by atoms with van der Waals surface area (Å²) < 4.78 is 10.6. The molecule has 0 saturated carbocycles. The average Bonchev–Trinajstić information content (AvgIpc) is 2.55. The molecule has 0 spiro atoms. The number of ether oxygens (including phenoxy) is 2. The van der Waals surface area contributed by atoms with Crippen molar-refractivity contribution in [3.05, 3.63) is 0 Å². The normalized spacial score (nSPS) is 48.4. The van der Waals surface area contributed by atoms with Gasteiger partial charge in [0.25, 0.3) is 0 Å². The molecule has 2 rings (SSSR count). The lowest BCUT2D eigenvalue weighted by molar-refractivity contribution is -0.303. The maximum absolute atomic E-state index is 10.0. The van der Waals surface area contributed by atoms with Gasteiger partial charge < -0.3 is 45.4 Å². The molecule has 0 radical (unpaired) electrons. The van der Waals surface area contributed by atoms with E-state index in [9.17, 15) is 25.5 Å². The minimum atomic E-state index is -1.51. The van der Waals surface area contributed by atoms with Gasteiger partial charge in [0.05, 0.1) is 31.5 Å². The topological polar surface area (TPSA) is 152 Å². The van der Waals surface area contributed by atoms with Crippen molar-refractivity contribution in [1.29, 1.82) is 0 Å². The number of aliphatic hydroxyl groups is 6. The molecule has 136 valence electrons. The number of aliphatic hydroxyl groups excluding tert-OH is 6. The van der Waals surface area contributed by atoms with Crippen LogP contribution in [-0.2, 0) is 9.47 Å². The first-order valence-electron chi connectivity index (χ1n) is 7.93. The van der Waals surface area contributed by atoms with Gasteiger partial charge in [0.2, 0.25) is 0 Å². The predicted octanol–water partition coefficient (Wildman–Crippen LogP) is -3.33. The Morgan fingerprint density at radius 3 is 2.35 bits per heavy atom. The Labute approximate surface area is 134 Å². The summed E-state index contributed by atoms with van der Waals surface area (Å²) in [4.78, 5) is 0. The van der Waals surface area contributed by atoms with Gasteiger partial charge in [0, 0.05) is 6.04 Å². The van der Waals surface area contributed by atoms with Crippen molar-refractivity contribution < 1.29 is 40.1 Å². The summed E-state index contributed by atoms with van der Waals surface area (Å²) >= 11 is 0. The van der Waals surface area contributed by atoms with E-state index in [0.717, 1.165) is 6.42 Å². The molecule has 9 heteroatoms. The second-order valence-electron chi connectivity index (χ2n) is 6.20. The molecule has 2 heterocycles.